The van der Waals surface area contributed by atoms with Crippen molar-refractivity contribution < 1.29 is 13.2 Å². The second-order valence-corrected chi connectivity index (χ2v) is 9.12. The van der Waals surface area contributed by atoms with Crippen LogP contribution >= 0.6 is 0 Å². The molecular weight excluding hydrogens is 412 g/mol. The number of anilines is 1. The number of benzene rings is 3. The molecule has 0 aliphatic heterocycles. The minimum atomic E-state index is -4.06. The number of carbonyl (C=O) groups excluding carboxylic acids is 1. The first-order valence-corrected chi connectivity index (χ1v) is 11.1. The monoisotopic (exact) mass is 432 g/mol. The first kappa shape index (κ1) is 20.6. The van der Waals surface area contributed by atoms with E-state index in [1.54, 1.807) is 60.7 Å². The van der Waals surface area contributed by atoms with Crippen LogP contribution in [0.25, 0.3) is 10.9 Å². The lowest BCUT2D eigenvalue weighted by atomic mass is 10.2. The highest BCUT2D eigenvalue weighted by Crippen LogP contribution is 2.22. The molecule has 0 saturated carbocycles. The lowest BCUT2D eigenvalue weighted by Crippen LogP contribution is -2.23. The average Bonchev–Trinajstić information content (AvgIpc) is 2.76. The molecule has 0 atom stereocenters. The van der Waals surface area contributed by atoms with Gasteiger partial charge in [0.15, 0.2) is 0 Å². The van der Waals surface area contributed by atoms with E-state index in [-0.39, 0.29) is 27.6 Å². The maximum atomic E-state index is 13.2. The molecule has 0 spiro atoms. The summed E-state index contributed by atoms with van der Waals surface area (Å²) in [5, 5.41) is 3.02. The number of nitrogens with zero attached hydrogens (tertiary/aromatic N) is 1. The lowest BCUT2D eigenvalue weighted by Gasteiger charge is -2.14. The molecule has 0 bridgehead atoms. The fourth-order valence-corrected chi connectivity index (χ4v) is 4.73. The Hall–Kier alpha value is -3.71. The van der Waals surface area contributed by atoms with Crippen LogP contribution < -0.4 is 10.7 Å². The standard InChI is InChI=1S/C24H20N2O4S/c1-17-11-13-19(14-12-17)31(29,30)22-15-26(21-10-6-5-9-20(21)24(22)28)16-23(27)25-18-7-3-2-4-8-18/h2-15H,16H2,1H3,(H,25,27). The Morgan fingerprint density at radius 1 is 0.903 bits per heavy atom. The molecule has 6 nitrogen and oxygen atoms in total. The molecule has 0 saturated heterocycles. The number of aryl methyl sites for hydroxylation is 1. The molecule has 1 aromatic heterocycles. The third-order valence-corrected chi connectivity index (χ3v) is 6.71. The van der Waals surface area contributed by atoms with Gasteiger partial charge in [-0.05, 0) is 43.3 Å². The summed E-state index contributed by atoms with van der Waals surface area (Å²) in [6.07, 6.45) is 1.25. The summed E-state index contributed by atoms with van der Waals surface area (Å²) in [5.74, 6) is -0.335. The SMILES string of the molecule is Cc1ccc(S(=O)(=O)c2cn(CC(=O)Nc3ccccc3)c3ccccc3c2=O)cc1. The van der Waals surface area contributed by atoms with E-state index in [1.807, 2.05) is 13.0 Å². The lowest BCUT2D eigenvalue weighted by molar-refractivity contribution is -0.116. The number of carbonyl (C=O) groups is 1. The molecule has 3 aromatic carbocycles. The van der Waals surface area contributed by atoms with E-state index in [0.29, 0.717) is 11.2 Å². The zero-order valence-corrected chi connectivity index (χ0v) is 17.6. The van der Waals surface area contributed by atoms with E-state index >= 15 is 0 Å². The molecule has 0 fully saturated rings. The highest BCUT2D eigenvalue weighted by Gasteiger charge is 2.24. The molecule has 31 heavy (non-hydrogen) atoms. The van der Waals surface area contributed by atoms with E-state index in [2.05, 4.69) is 5.32 Å². The fraction of sp³-hybridized carbons (Fsp3) is 0.0833. The van der Waals surface area contributed by atoms with Gasteiger partial charge in [-0.1, -0.05) is 48.0 Å². The Morgan fingerprint density at radius 3 is 2.26 bits per heavy atom. The van der Waals surface area contributed by atoms with Gasteiger partial charge in [0.05, 0.1) is 10.4 Å². The van der Waals surface area contributed by atoms with Crippen molar-refractivity contribution in [3.05, 3.63) is 101 Å². The average molecular weight is 433 g/mol. The second kappa shape index (κ2) is 8.20. The van der Waals surface area contributed by atoms with Gasteiger partial charge in [-0.15, -0.1) is 0 Å². The van der Waals surface area contributed by atoms with Gasteiger partial charge < -0.3 is 9.88 Å². The van der Waals surface area contributed by atoms with Gasteiger partial charge in [0.1, 0.15) is 11.4 Å². The molecule has 0 aliphatic rings. The van der Waals surface area contributed by atoms with Gasteiger partial charge in [-0.3, -0.25) is 9.59 Å². The summed E-state index contributed by atoms with van der Waals surface area (Å²) in [4.78, 5) is 25.3. The Balaban J connectivity index is 1.81. The molecule has 1 N–H and O–H groups in total. The smallest absolute Gasteiger partial charge is 0.244 e. The fourth-order valence-electron chi connectivity index (χ4n) is 3.36. The molecule has 4 rings (SSSR count). The predicted molar refractivity (Wildman–Crippen MR) is 120 cm³/mol. The number of para-hydroxylation sites is 2. The number of sulfone groups is 1. The normalized spacial score (nSPS) is 11.4. The van der Waals surface area contributed by atoms with Crippen molar-refractivity contribution >= 4 is 32.3 Å². The third kappa shape index (κ3) is 4.13. The first-order chi connectivity index (χ1) is 14.9. The van der Waals surface area contributed by atoms with Gasteiger partial charge in [-0.2, -0.15) is 0 Å². The van der Waals surface area contributed by atoms with Gasteiger partial charge >= 0.3 is 0 Å². The van der Waals surface area contributed by atoms with Gasteiger partial charge in [0.2, 0.25) is 21.2 Å². The van der Waals surface area contributed by atoms with Crippen LogP contribution in [0.2, 0.25) is 0 Å². The van der Waals surface area contributed by atoms with E-state index in [4.69, 9.17) is 0 Å². The van der Waals surface area contributed by atoms with Crippen molar-refractivity contribution in [2.45, 2.75) is 23.3 Å². The van der Waals surface area contributed by atoms with Crippen LogP contribution in [0.3, 0.4) is 0 Å². The highest BCUT2D eigenvalue weighted by molar-refractivity contribution is 7.91. The predicted octanol–water partition coefficient (Wildman–Crippen LogP) is 3.78. The van der Waals surface area contributed by atoms with Crippen LogP contribution in [0.4, 0.5) is 5.69 Å². The Labute approximate surface area is 179 Å². The molecule has 0 unspecified atom stereocenters. The van der Waals surface area contributed by atoms with Crippen LogP contribution in [0.15, 0.2) is 99.6 Å². The largest absolute Gasteiger partial charge is 0.336 e. The van der Waals surface area contributed by atoms with E-state index in [9.17, 15) is 18.0 Å². The van der Waals surface area contributed by atoms with Crippen molar-refractivity contribution in [3.8, 4) is 0 Å². The van der Waals surface area contributed by atoms with E-state index < -0.39 is 15.3 Å². The van der Waals surface area contributed by atoms with Crippen LogP contribution in [-0.4, -0.2) is 18.9 Å². The first-order valence-electron chi connectivity index (χ1n) is 9.65. The summed E-state index contributed by atoms with van der Waals surface area (Å²) in [6, 6.07) is 21.9. The van der Waals surface area contributed by atoms with E-state index in [0.717, 1.165) is 5.56 Å². The second-order valence-electron chi connectivity index (χ2n) is 7.20. The number of amides is 1. The van der Waals surface area contributed by atoms with E-state index in [1.165, 1.54) is 22.9 Å². The molecule has 4 aromatic rings. The maximum absolute atomic E-state index is 13.2. The number of hydrogen-bond donors (Lipinski definition) is 1. The number of aromatic nitrogens is 1. The van der Waals surface area contributed by atoms with Gasteiger partial charge in [-0.25, -0.2) is 8.42 Å². The molecular formula is C24H20N2O4S. The van der Waals surface area contributed by atoms with Gasteiger partial charge in [0, 0.05) is 17.3 Å². The topological polar surface area (TPSA) is 85.2 Å². The number of hydrogen-bond acceptors (Lipinski definition) is 4. The number of fused-ring (bicyclic) bond motifs is 1. The quantitative estimate of drug-likeness (QED) is 0.520. The van der Waals surface area contributed by atoms with Crippen LogP contribution in [0.5, 0.6) is 0 Å². The molecule has 1 heterocycles. The molecule has 156 valence electrons. The summed E-state index contributed by atoms with van der Waals surface area (Å²) in [7, 11) is -4.06. The van der Waals surface area contributed by atoms with Gasteiger partial charge in [0.25, 0.3) is 0 Å². The molecule has 0 aliphatic carbocycles. The minimum Gasteiger partial charge on any atom is -0.336 e. The van der Waals surface area contributed by atoms with Crippen molar-refractivity contribution in [2.24, 2.45) is 0 Å². The summed E-state index contributed by atoms with van der Waals surface area (Å²) in [5.41, 5.74) is 1.44. The van der Waals surface area contributed by atoms with Crippen molar-refractivity contribution in [1.29, 1.82) is 0 Å². The summed E-state index contributed by atoms with van der Waals surface area (Å²) >= 11 is 0. The van der Waals surface area contributed by atoms with Crippen LogP contribution in [-0.2, 0) is 21.2 Å². The number of rotatable bonds is 5. The van der Waals surface area contributed by atoms with Crippen LogP contribution in [0, 0.1) is 6.92 Å². The highest BCUT2D eigenvalue weighted by atomic mass is 32.2. The number of pyridine rings is 1. The Bertz CT molecular complexity index is 1420. The summed E-state index contributed by atoms with van der Waals surface area (Å²) < 4.78 is 27.9. The van der Waals surface area contributed by atoms with Crippen molar-refractivity contribution in [2.75, 3.05) is 5.32 Å². The van der Waals surface area contributed by atoms with Crippen molar-refractivity contribution in [1.82, 2.24) is 4.57 Å². The maximum Gasteiger partial charge on any atom is 0.244 e. The third-order valence-electron chi connectivity index (χ3n) is 4.95. The molecule has 7 heteroatoms. The van der Waals surface area contributed by atoms with Crippen LogP contribution in [0.1, 0.15) is 5.56 Å². The molecule has 1 amide bonds. The minimum absolute atomic E-state index is 0.0331. The zero-order chi connectivity index (χ0) is 22.0. The van der Waals surface area contributed by atoms with Crippen molar-refractivity contribution in [3.63, 3.8) is 0 Å². The molecule has 0 radical (unpaired) electrons. The zero-order valence-electron chi connectivity index (χ0n) is 16.8. The number of nitrogens with one attached hydrogen (secondary N) is 1. The Morgan fingerprint density at radius 2 is 1.55 bits per heavy atom. The summed E-state index contributed by atoms with van der Waals surface area (Å²) in [6.45, 7) is 1.71. The Kier molecular flexibility index (Phi) is 5.44.